The second-order valence-corrected chi connectivity index (χ2v) is 6.49. The van der Waals surface area contributed by atoms with Crippen LogP contribution in [-0.4, -0.2) is 22.4 Å². The summed E-state index contributed by atoms with van der Waals surface area (Å²) in [5, 5.41) is 10.1. The highest BCUT2D eigenvalue weighted by Crippen LogP contribution is 2.39. The molecule has 0 unspecified atom stereocenters. The molecule has 1 aliphatic rings. The molecule has 25 heavy (non-hydrogen) atoms. The van der Waals surface area contributed by atoms with E-state index in [2.05, 4.69) is 28.7 Å². The van der Waals surface area contributed by atoms with E-state index < -0.39 is 0 Å². The molecule has 6 heteroatoms. The van der Waals surface area contributed by atoms with E-state index in [-0.39, 0.29) is 6.03 Å². The Hall–Kier alpha value is -2.50. The van der Waals surface area contributed by atoms with Gasteiger partial charge in [0.05, 0.1) is 18.8 Å². The number of ether oxygens (including phenoxy) is 1. The zero-order valence-corrected chi connectivity index (χ0v) is 14.9. The summed E-state index contributed by atoms with van der Waals surface area (Å²) in [7, 11) is 1.96. The minimum Gasteiger partial charge on any atom is -0.494 e. The Labute approximate surface area is 148 Å². The molecule has 1 aromatic heterocycles. The summed E-state index contributed by atoms with van der Waals surface area (Å²) < 4.78 is 7.53. The second kappa shape index (κ2) is 8.05. The minimum atomic E-state index is -0.238. The fourth-order valence-electron chi connectivity index (χ4n) is 2.71. The van der Waals surface area contributed by atoms with Crippen LogP contribution in [0.4, 0.5) is 10.5 Å². The van der Waals surface area contributed by atoms with Crippen molar-refractivity contribution in [1.82, 2.24) is 15.1 Å². The Morgan fingerprint density at radius 3 is 2.76 bits per heavy atom. The average molecular weight is 342 g/mol. The first-order chi connectivity index (χ1) is 12.2. The maximum absolute atomic E-state index is 12.0. The monoisotopic (exact) mass is 342 g/mol. The third-order valence-electron chi connectivity index (χ3n) is 4.27. The lowest BCUT2D eigenvalue weighted by atomic mass is 10.2. The molecule has 1 heterocycles. The summed E-state index contributed by atoms with van der Waals surface area (Å²) in [4.78, 5) is 12.0. The van der Waals surface area contributed by atoms with Crippen molar-refractivity contribution < 1.29 is 9.53 Å². The largest absolute Gasteiger partial charge is 0.494 e. The van der Waals surface area contributed by atoms with E-state index in [1.165, 1.54) is 18.5 Å². The molecule has 0 radical (unpaired) electrons. The fourth-order valence-corrected chi connectivity index (χ4v) is 2.71. The zero-order valence-electron chi connectivity index (χ0n) is 14.9. The minimum absolute atomic E-state index is 0.238. The number of unbranched alkanes of at least 4 members (excludes halogenated alkanes) is 1. The van der Waals surface area contributed by atoms with Crippen molar-refractivity contribution in [2.75, 3.05) is 11.9 Å². The predicted molar refractivity (Wildman–Crippen MR) is 97.9 cm³/mol. The fraction of sp³-hybridized carbons (Fsp3) is 0.474. The van der Waals surface area contributed by atoms with Gasteiger partial charge in [-0.1, -0.05) is 13.3 Å². The smallest absolute Gasteiger partial charge is 0.319 e. The van der Waals surface area contributed by atoms with Gasteiger partial charge in [0.1, 0.15) is 5.75 Å². The first-order valence-electron chi connectivity index (χ1n) is 8.96. The van der Waals surface area contributed by atoms with Gasteiger partial charge in [0, 0.05) is 24.3 Å². The number of nitrogens with one attached hydrogen (secondary N) is 2. The van der Waals surface area contributed by atoms with Crippen molar-refractivity contribution in [3.8, 4) is 5.75 Å². The highest BCUT2D eigenvalue weighted by atomic mass is 16.5. The Morgan fingerprint density at radius 1 is 1.32 bits per heavy atom. The van der Waals surface area contributed by atoms with Crippen molar-refractivity contribution in [2.24, 2.45) is 7.05 Å². The van der Waals surface area contributed by atoms with Crippen molar-refractivity contribution >= 4 is 11.7 Å². The number of anilines is 1. The van der Waals surface area contributed by atoms with Crippen LogP contribution in [0.15, 0.2) is 30.3 Å². The van der Waals surface area contributed by atoms with Crippen molar-refractivity contribution in [3.05, 3.63) is 41.7 Å². The van der Waals surface area contributed by atoms with Crippen LogP contribution in [0, 0.1) is 0 Å². The van der Waals surface area contributed by atoms with Gasteiger partial charge < -0.3 is 15.4 Å². The maximum Gasteiger partial charge on any atom is 0.319 e. The van der Waals surface area contributed by atoms with E-state index in [0.717, 1.165) is 36.6 Å². The van der Waals surface area contributed by atoms with Gasteiger partial charge in [-0.2, -0.15) is 5.10 Å². The van der Waals surface area contributed by atoms with Crippen LogP contribution in [0.1, 0.15) is 49.9 Å². The molecule has 0 bridgehead atoms. The molecule has 1 aliphatic carbocycles. The molecule has 0 aliphatic heterocycles. The molecule has 0 atom stereocenters. The number of carbonyl (C=O) groups excluding carboxylic acids is 1. The SMILES string of the molecule is CCCCOc1ccc(NC(=O)NCc2cc(C3CC3)n(C)n2)cc1. The van der Waals surface area contributed by atoms with Crippen LogP contribution < -0.4 is 15.4 Å². The van der Waals surface area contributed by atoms with E-state index in [9.17, 15) is 4.79 Å². The van der Waals surface area contributed by atoms with Crippen molar-refractivity contribution in [1.29, 1.82) is 0 Å². The molecule has 0 saturated heterocycles. The van der Waals surface area contributed by atoms with Gasteiger partial charge >= 0.3 is 6.03 Å². The number of hydrogen-bond acceptors (Lipinski definition) is 3. The highest BCUT2D eigenvalue weighted by Gasteiger charge is 2.27. The topological polar surface area (TPSA) is 68.2 Å². The number of nitrogens with zero attached hydrogens (tertiary/aromatic N) is 2. The number of rotatable bonds is 8. The Kier molecular flexibility index (Phi) is 5.58. The average Bonchev–Trinajstić information content (AvgIpc) is 3.38. The molecule has 134 valence electrons. The third-order valence-corrected chi connectivity index (χ3v) is 4.27. The van der Waals surface area contributed by atoms with Gasteiger partial charge in [-0.25, -0.2) is 4.79 Å². The summed E-state index contributed by atoms with van der Waals surface area (Å²) in [6.07, 6.45) is 4.63. The van der Waals surface area contributed by atoms with Crippen LogP contribution in [-0.2, 0) is 13.6 Å². The van der Waals surface area contributed by atoms with Gasteiger partial charge in [-0.3, -0.25) is 4.68 Å². The number of hydrogen-bond donors (Lipinski definition) is 2. The van der Waals surface area contributed by atoms with E-state index >= 15 is 0 Å². The first-order valence-corrected chi connectivity index (χ1v) is 8.96. The molecular formula is C19H26N4O2. The number of amides is 2. The predicted octanol–water partition coefficient (Wildman–Crippen LogP) is 3.80. The van der Waals surface area contributed by atoms with E-state index in [4.69, 9.17) is 4.74 Å². The van der Waals surface area contributed by atoms with Crippen molar-refractivity contribution in [2.45, 2.75) is 45.1 Å². The molecule has 2 aromatic rings. The molecule has 2 amide bonds. The summed E-state index contributed by atoms with van der Waals surface area (Å²) in [6, 6.07) is 9.26. The first kappa shape index (κ1) is 17.3. The number of aryl methyl sites for hydroxylation is 1. The number of urea groups is 1. The lowest BCUT2D eigenvalue weighted by Crippen LogP contribution is -2.28. The number of carbonyl (C=O) groups is 1. The van der Waals surface area contributed by atoms with E-state index in [0.29, 0.717) is 12.5 Å². The molecule has 1 aromatic carbocycles. The van der Waals surface area contributed by atoms with Crippen LogP contribution in [0.2, 0.25) is 0 Å². The highest BCUT2D eigenvalue weighted by molar-refractivity contribution is 5.89. The van der Waals surface area contributed by atoms with Gasteiger partial charge in [-0.15, -0.1) is 0 Å². The number of benzene rings is 1. The quantitative estimate of drug-likeness (QED) is 0.717. The summed E-state index contributed by atoms with van der Waals surface area (Å²) in [5.74, 6) is 1.47. The van der Waals surface area contributed by atoms with Crippen LogP contribution >= 0.6 is 0 Å². The van der Waals surface area contributed by atoms with Crippen LogP contribution in [0.5, 0.6) is 5.75 Å². The second-order valence-electron chi connectivity index (χ2n) is 6.49. The molecule has 0 spiro atoms. The molecule has 2 N–H and O–H groups in total. The Morgan fingerprint density at radius 2 is 2.08 bits per heavy atom. The van der Waals surface area contributed by atoms with Crippen LogP contribution in [0.25, 0.3) is 0 Å². The maximum atomic E-state index is 12.0. The third kappa shape index (κ3) is 4.98. The van der Waals surface area contributed by atoms with E-state index in [1.807, 2.05) is 36.0 Å². The summed E-state index contributed by atoms with van der Waals surface area (Å²) in [6.45, 7) is 3.27. The Balaban J connectivity index is 1.45. The normalized spacial score (nSPS) is 13.5. The summed E-state index contributed by atoms with van der Waals surface area (Å²) in [5.41, 5.74) is 2.88. The Bertz CT molecular complexity index is 705. The van der Waals surface area contributed by atoms with Gasteiger partial charge in [0.25, 0.3) is 0 Å². The number of aromatic nitrogens is 2. The molecule has 6 nitrogen and oxygen atoms in total. The molecule has 1 fully saturated rings. The molecule has 1 saturated carbocycles. The summed E-state index contributed by atoms with van der Waals surface area (Å²) >= 11 is 0. The lowest BCUT2D eigenvalue weighted by Gasteiger charge is -2.08. The van der Waals surface area contributed by atoms with Crippen molar-refractivity contribution in [3.63, 3.8) is 0 Å². The van der Waals surface area contributed by atoms with Gasteiger partial charge in [-0.05, 0) is 49.6 Å². The standard InChI is InChI=1S/C19H26N4O2/c1-3-4-11-25-17-9-7-15(8-10-17)21-19(24)20-13-16-12-18(14-5-6-14)23(2)22-16/h7-10,12,14H,3-6,11,13H2,1-2H3,(H2,20,21,24). The zero-order chi connectivity index (χ0) is 17.6. The van der Waals surface area contributed by atoms with Crippen LogP contribution in [0.3, 0.4) is 0 Å². The molecule has 3 rings (SSSR count). The van der Waals surface area contributed by atoms with Gasteiger partial charge in [0.2, 0.25) is 0 Å². The lowest BCUT2D eigenvalue weighted by molar-refractivity contribution is 0.251. The van der Waals surface area contributed by atoms with Gasteiger partial charge in [0.15, 0.2) is 0 Å². The van der Waals surface area contributed by atoms with E-state index in [1.54, 1.807) is 0 Å². The molecular weight excluding hydrogens is 316 g/mol.